The molecule has 0 spiro atoms. The Kier molecular flexibility index (Phi) is 6.92. The Morgan fingerprint density at radius 3 is 2.55 bits per heavy atom. The minimum absolute atomic E-state index is 0.0115. The van der Waals surface area contributed by atoms with Gasteiger partial charge in [-0.15, -0.1) is 0 Å². The second-order valence-corrected chi connectivity index (χ2v) is 8.82. The quantitative estimate of drug-likeness (QED) is 0.538. The number of piperidine rings is 1. The Morgan fingerprint density at radius 2 is 1.91 bits per heavy atom. The van der Waals surface area contributed by atoms with Gasteiger partial charge in [0.2, 0.25) is 0 Å². The van der Waals surface area contributed by atoms with E-state index in [0.29, 0.717) is 36.6 Å². The van der Waals surface area contributed by atoms with Crippen LogP contribution in [0.3, 0.4) is 0 Å². The van der Waals surface area contributed by atoms with Crippen molar-refractivity contribution in [2.45, 2.75) is 44.0 Å². The zero-order valence-electron chi connectivity index (χ0n) is 18.1. The van der Waals surface area contributed by atoms with E-state index in [2.05, 4.69) is 15.4 Å². The summed E-state index contributed by atoms with van der Waals surface area (Å²) in [6.07, 6.45) is 4.14. The molecule has 0 radical (unpaired) electrons. The molecule has 2 N–H and O–H groups in total. The third-order valence-corrected chi connectivity index (χ3v) is 6.45. The molecule has 176 valence electrons. The number of aromatic nitrogens is 3. The molecule has 1 aliphatic heterocycles. The molecule has 0 bridgehead atoms. The predicted octanol–water partition coefficient (Wildman–Crippen LogP) is 3.88. The summed E-state index contributed by atoms with van der Waals surface area (Å²) in [4.78, 5) is 5.84. The molecule has 10 heteroatoms. The van der Waals surface area contributed by atoms with Crippen LogP contribution in [0.4, 0.5) is 18.9 Å². The van der Waals surface area contributed by atoms with Crippen molar-refractivity contribution >= 4 is 17.3 Å². The number of hydrogen-bond acceptors (Lipinski definition) is 5. The van der Waals surface area contributed by atoms with E-state index in [1.165, 1.54) is 29.5 Å². The second kappa shape index (κ2) is 9.70. The number of hydrogen-bond donors (Lipinski definition) is 2. The Labute approximate surface area is 195 Å². The first kappa shape index (κ1) is 23.5. The van der Waals surface area contributed by atoms with Crippen molar-refractivity contribution in [2.75, 3.05) is 18.0 Å². The van der Waals surface area contributed by atoms with Gasteiger partial charge in [-0.3, -0.25) is 0 Å². The zero-order valence-corrected chi connectivity index (χ0v) is 18.8. The predicted molar refractivity (Wildman–Crippen MR) is 120 cm³/mol. The van der Waals surface area contributed by atoms with E-state index < -0.39 is 23.3 Å². The van der Waals surface area contributed by atoms with E-state index in [9.17, 15) is 18.3 Å². The summed E-state index contributed by atoms with van der Waals surface area (Å²) in [7, 11) is 0. The van der Waals surface area contributed by atoms with Gasteiger partial charge >= 0.3 is 0 Å². The first-order valence-corrected chi connectivity index (χ1v) is 11.1. The molecule has 2 aromatic carbocycles. The fourth-order valence-corrected chi connectivity index (χ4v) is 4.53. The number of halogens is 4. The van der Waals surface area contributed by atoms with Crippen molar-refractivity contribution in [3.63, 3.8) is 0 Å². The number of benzene rings is 2. The van der Waals surface area contributed by atoms with Crippen molar-refractivity contribution in [2.24, 2.45) is 0 Å². The Balaban J connectivity index is 1.49. The lowest BCUT2D eigenvalue weighted by molar-refractivity contribution is -0.0242. The van der Waals surface area contributed by atoms with Gasteiger partial charge < -0.3 is 15.3 Å². The van der Waals surface area contributed by atoms with E-state index in [1.807, 2.05) is 4.90 Å². The van der Waals surface area contributed by atoms with Crippen molar-refractivity contribution < 1.29 is 18.3 Å². The summed E-state index contributed by atoms with van der Waals surface area (Å²) in [5.41, 5.74) is -1.24. The second-order valence-electron chi connectivity index (χ2n) is 8.39. The Hall–Kier alpha value is -2.62. The van der Waals surface area contributed by atoms with Crippen molar-refractivity contribution in [3.8, 4) is 0 Å². The topological polar surface area (TPSA) is 66.2 Å². The Bertz CT molecular complexity index is 1090. The number of nitrogens with zero attached hydrogens (tertiary/aromatic N) is 4. The van der Waals surface area contributed by atoms with Crippen LogP contribution in [-0.4, -0.2) is 45.0 Å². The first-order valence-electron chi connectivity index (χ1n) is 10.7. The fraction of sp³-hybridized carbons (Fsp3) is 0.391. The maximum Gasteiger partial charge on any atom is 0.147 e. The summed E-state index contributed by atoms with van der Waals surface area (Å²) in [6, 6.07) is 7.17. The molecule has 2 atom stereocenters. The summed E-state index contributed by atoms with van der Waals surface area (Å²) >= 11 is 5.85. The molecular weight excluding hydrogens is 455 g/mol. The van der Waals surface area contributed by atoms with Crippen LogP contribution in [0.1, 0.15) is 25.3 Å². The summed E-state index contributed by atoms with van der Waals surface area (Å²) in [5.74, 6) is -1.92. The molecule has 1 aromatic heterocycles. The highest BCUT2D eigenvalue weighted by atomic mass is 35.5. The average Bonchev–Trinajstić information content (AvgIpc) is 3.27. The maximum atomic E-state index is 14.7. The molecule has 3 aromatic rings. The van der Waals surface area contributed by atoms with Gasteiger partial charge in [0.15, 0.2) is 0 Å². The van der Waals surface area contributed by atoms with Crippen LogP contribution in [0.2, 0.25) is 5.02 Å². The smallest absolute Gasteiger partial charge is 0.147 e. The molecular formula is C23H25ClF3N5O. The van der Waals surface area contributed by atoms with Crippen LogP contribution < -0.4 is 10.2 Å². The van der Waals surface area contributed by atoms with Crippen LogP contribution >= 0.6 is 11.6 Å². The lowest BCUT2D eigenvalue weighted by atomic mass is 9.85. The molecule has 33 heavy (non-hydrogen) atoms. The number of aliphatic hydroxyl groups is 1. The largest absolute Gasteiger partial charge is 0.381 e. The van der Waals surface area contributed by atoms with Gasteiger partial charge in [-0.25, -0.2) is 22.8 Å². The molecule has 1 aliphatic rings. The van der Waals surface area contributed by atoms with Gasteiger partial charge in [-0.2, -0.15) is 5.10 Å². The molecule has 2 heterocycles. The molecule has 0 saturated carbocycles. The van der Waals surface area contributed by atoms with Crippen LogP contribution in [-0.2, 0) is 12.1 Å². The number of rotatable bonds is 7. The number of anilines is 1. The molecule has 1 saturated heterocycles. The first-order chi connectivity index (χ1) is 15.8. The summed E-state index contributed by atoms with van der Waals surface area (Å²) < 4.78 is 43.9. The van der Waals surface area contributed by atoms with Gasteiger partial charge in [0.1, 0.15) is 35.7 Å². The molecule has 1 fully saturated rings. The lowest BCUT2D eigenvalue weighted by Gasteiger charge is -2.40. The zero-order chi connectivity index (χ0) is 23.6. The molecule has 6 nitrogen and oxygen atoms in total. The van der Waals surface area contributed by atoms with Gasteiger partial charge in [0, 0.05) is 41.8 Å². The Morgan fingerprint density at radius 1 is 1.15 bits per heavy atom. The van der Waals surface area contributed by atoms with E-state index >= 15 is 0 Å². The molecule has 0 unspecified atom stereocenters. The van der Waals surface area contributed by atoms with E-state index in [0.717, 1.165) is 12.1 Å². The SMILES string of the molecule is C[C@@H](NC1CCN(c2ccc(Cl)cc2F)CC1)[C@](O)(Cn1cncn1)c1ccc(F)cc1F. The minimum Gasteiger partial charge on any atom is -0.381 e. The van der Waals surface area contributed by atoms with Gasteiger partial charge in [-0.1, -0.05) is 17.7 Å². The van der Waals surface area contributed by atoms with Crippen molar-refractivity contribution in [1.82, 2.24) is 20.1 Å². The van der Waals surface area contributed by atoms with Crippen molar-refractivity contribution in [3.05, 3.63) is 77.1 Å². The standard InChI is InChI=1S/C23H25ClF3N5O/c1-15(30-18-6-8-31(9-7-18)22-5-2-16(24)10-21(22)27)23(33,12-32-14-28-13-29-32)19-4-3-17(25)11-20(19)26/h2-5,10-11,13-15,18,30,33H,6-9,12H2,1H3/t15-,23-/m1/s1. The highest BCUT2D eigenvalue weighted by Gasteiger charge is 2.40. The van der Waals surface area contributed by atoms with Gasteiger partial charge in [0.05, 0.1) is 12.2 Å². The van der Waals surface area contributed by atoms with E-state index in [1.54, 1.807) is 19.1 Å². The monoisotopic (exact) mass is 479 g/mol. The van der Waals surface area contributed by atoms with E-state index in [4.69, 9.17) is 11.6 Å². The van der Waals surface area contributed by atoms with Crippen LogP contribution in [0, 0.1) is 17.5 Å². The third kappa shape index (κ3) is 5.15. The highest BCUT2D eigenvalue weighted by molar-refractivity contribution is 6.30. The minimum atomic E-state index is -1.72. The maximum absolute atomic E-state index is 14.7. The highest BCUT2D eigenvalue weighted by Crippen LogP contribution is 2.31. The van der Waals surface area contributed by atoms with E-state index in [-0.39, 0.29) is 24.0 Å². The van der Waals surface area contributed by atoms with Crippen LogP contribution in [0.5, 0.6) is 0 Å². The third-order valence-electron chi connectivity index (χ3n) is 6.21. The van der Waals surface area contributed by atoms with Gasteiger partial charge in [0.25, 0.3) is 0 Å². The number of nitrogens with one attached hydrogen (secondary N) is 1. The molecule has 0 amide bonds. The van der Waals surface area contributed by atoms with Gasteiger partial charge in [-0.05, 0) is 44.0 Å². The molecule has 4 rings (SSSR count). The van der Waals surface area contributed by atoms with Crippen molar-refractivity contribution in [1.29, 1.82) is 0 Å². The fourth-order valence-electron chi connectivity index (χ4n) is 4.37. The average molecular weight is 480 g/mol. The molecule has 0 aliphatic carbocycles. The summed E-state index contributed by atoms with van der Waals surface area (Å²) in [5, 5.41) is 19.4. The van der Waals surface area contributed by atoms with Crippen LogP contribution in [0.15, 0.2) is 49.1 Å². The normalized spacial score (nSPS) is 17.7. The lowest BCUT2D eigenvalue weighted by Crippen LogP contribution is -2.55. The summed E-state index contributed by atoms with van der Waals surface area (Å²) in [6.45, 7) is 2.90. The van der Waals surface area contributed by atoms with Crippen LogP contribution in [0.25, 0.3) is 0 Å².